The highest BCUT2D eigenvalue weighted by Gasteiger charge is 2.47. The lowest BCUT2D eigenvalue weighted by Gasteiger charge is -2.38. The predicted molar refractivity (Wildman–Crippen MR) is 130 cm³/mol. The van der Waals surface area contributed by atoms with Crippen LogP contribution >= 0.6 is 0 Å². The molecule has 4 atom stereocenters. The Morgan fingerprint density at radius 3 is 2.51 bits per heavy atom. The van der Waals surface area contributed by atoms with Crippen molar-refractivity contribution >= 4 is 23.4 Å². The molecule has 3 aliphatic rings. The Hall–Kier alpha value is -3.19. The minimum Gasteiger partial charge on any atom is -0.456 e. The van der Waals surface area contributed by atoms with Gasteiger partial charge in [-0.3, -0.25) is 14.9 Å². The molecule has 0 bridgehead atoms. The number of esters is 2. The van der Waals surface area contributed by atoms with Gasteiger partial charge in [-0.05, 0) is 44.2 Å². The summed E-state index contributed by atoms with van der Waals surface area (Å²) in [6, 6.07) is 17.5. The van der Waals surface area contributed by atoms with E-state index in [9.17, 15) is 14.4 Å². The number of anilines is 1. The Balaban J connectivity index is 1.30. The maximum atomic E-state index is 13.6. The molecule has 4 unspecified atom stereocenters. The second-order valence-electron chi connectivity index (χ2n) is 10.2. The third-order valence-corrected chi connectivity index (χ3v) is 7.31. The number of benzene rings is 2. The zero-order chi connectivity index (χ0) is 24.4. The quantitative estimate of drug-likeness (QED) is 0.416. The lowest BCUT2D eigenvalue weighted by Crippen LogP contribution is -2.54. The fraction of sp³-hybridized carbons (Fsp3) is 0.464. The van der Waals surface area contributed by atoms with Gasteiger partial charge in [0.05, 0.1) is 0 Å². The summed E-state index contributed by atoms with van der Waals surface area (Å²) in [7, 11) is 0. The molecule has 2 fully saturated rings. The monoisotopic (exact) mass is 476 g/mol. The average Bonchev–Trinajstić information content (AvgIpc) is 3.55. The van der Waals surface area contributed by atoms with Crippen LogP contribution in [0.4, 0.5) is 5.69 Å². The van der Waals surface area contributed by atoms with E-state index in [1.54, 1.807) is 6.92 Å². The van der Waals surface area contributed by atoms with Gasteiger partial charge in [0.15, 0.2) is 0 Å². The summed E-state index contributed by atoms with van der Waals surface area (Å²) in [4.78, 5) is 38.9. The van der Waals surface area contributed by atoms with Gasteiger partial charge < -0.3 is 14.8 Å². The molecule has 2 saturated carbocycles. The van der Waals surface area contributed by atoms with Crippen LogP contribution in [-0.2, 0) is 30.5 Å². The van der Waals surface area contributed by atoms with Crippen molar-refractivity contribution in [3.05, 3.63) is 65.7 Å². The molecule has 5 rings (SSSR count). The highest BCUT2D eigenvalue weighted by molar-refractivity contribution is 6.34. The summed E-state index contributed by atoms with van der Waals surface area (Å²) in [5.74, 6) is -1.99. The molecule has 0 spiro atoms. The first-order chi connectivity index (χ1) is 16.9. The molecular formula is C28H32N2O5. The third-order valence-electron chi connectivity index (χ3n) is 7.31. The molecule has 2 aliphatic carbocycles. The van der Waals surface area contributed by atoms with Crippen LogP contribution in [0.1, 0.15) is 62.7 Å². The third kappa shape index (κ3) is 5.25. The van der Waals surface area contributed by atoms with Crippen molar-refractivity contribution in [2.75, 3.05) is 5.32 Å². The molecule has 2 N–H and O–H groups in total. The number of hydrogen-bond donors (Lipinski definition) is 2. The number of carbonyl (C=O) groups excluding carboxylic acids is 3. The topological polar surface area (TPSA) is 93.7 Å². The molecule has 2 aromatic carbocycles. The van der Waals surface area contributed by atoms with E-state index in [1.807, 2.05) is 54.6 Å². The van der Waals surface area contributed by atoms with Gasteiger partial charge >= 0.3 is 11.9 Å². The first kappa shape index (κ1) is 23.5. The molecule has 0 amide bonds. The molecule has 7 nitrogen and oxygen atoms in total. The van der Waals surface area contributed by atoms with Gasteiger partial charge in [0, 0.05) is 35.7 Å². The van der Waals surface area contributed by atoms with Crippen LogP contribution in [0.5, 0.6) is 0 Å². The highest BCUT2D eigenvalue weighted by Crippen LogP contribution is 2.46. The highest BCUT2D eigenvalue weighted by atomic mass is 16.5. The number of nitrogens with one attached hydrogen (secondary N) is 2. The van der Waals surface area contributed by atoms with Crippen LogP contribution < -0.4 is 10.6 Å². The summed E-state index contributed by atoms with van der Waals surface area (Å²) >= 11 is 0. The van der Waals surface area contributed by atoms with Crippen molar-refractivity contribution in [1.82, 2.24) is 5.32 Å². The number of hydrogen-bond acceptors (Lipinski definition) is 7. The van der Waals surface area contributed by atoms with Gasteiger partial charge in [-0.2, -0.15) is 0 Å². The summed E-state index contributed by atoms with van der Waals surface area (Å²) in [5.41, 5.74) is 1.44. The number of carbonyl (C=O) groups is 3. The number of ketones is 1. The minimum atomic E-state index is -1.31. The maximum Gasteiger partial charge on any atom is 0.375 e. The van der Waals surface area contributed by atoms with E-state index >= 15 is 0 Å². The fourth-order valence-electron chi connectivity index (χ4n) is 5.29. The molecule has 7 heteroatoms. The Morgan fingerprint density at radius 1 is 1.00 bits per heavy atom. The normalized spacial score (nSPS) is 24.3. The second kappa shape index (κ2) is 9.82. The van der Waals surface area contributed by atoms with Crippen LogP contribution in [0.25, 0.3) is 0 Å². The zero-order valence-corrected chi connectivity index (χ0v) is 20.0. The van der Waals surface area contributed by atoms with E-state index in [2.05, 4.69) is 10.6 Å². The Kier molecular flexibility index (Phi) is 6.60. The number of para-hydroxylation sites is 1. The van der Waals surface area contributed by atoms with Gasteiger partial charge in [-0.1, -0.05) is 55.0 Å². The maximum absolute atomic E-state index is 13.6. The number of Topliss-reactive ketones (excluding diaryl/α,β-unsaturated/α-hetero) is 1. The van der Waals surface area contributed by atoms with E-state index in [-0.39, 0.29) is 37.1 Å². The largest absolute Gasteiger partial charge is 0.456 e. The van der Waals surface area contributed by atoms with Gasteiger partial charge in [-0.15, -0.1) is 0 Å². The van der Waals surface area contributed by atoms with Crippen molar-refractivity contribution in [3.63, 3.8) is 0 Å². The molecule has 2 aromatic rings. The number of rotatable bonds is 9. The van der Waals surface area contributed by atoms with Crippen LogP contribution in [0.2, 0.25) is 0 Å². The molecular weight excluding hydrogens is 444 g/mol. The first-order valence-electron chi connectivity index (χ1n) is 12.5. The van der Waals surface area contributed by atoms with E-state index in [4.69, 9.17) is 9.47 Å². The molecule has 0 radical (unpaired) electrons. The van der Waals surface area contributed by atoms with Gasteiger partial charge in [0.1, 0.15) is 18.2 Å². The molecule has 0 saturated heterocycles. The van der Waals surface area contributed by atoms with Gasteiger partial charge in [0.25, 0.3) is 0 Å². The van der Waals surface area contributed by atoms with E-state index < -0.39 is 23.3 Å². The Morgan fingerprint density at radius 2 is 1.74 bits per heavy atom. The second-order valence-corrected chi connectivity index (χ2v) is 10.2. The number of ether oxygens (including phenoxy) is 2. The first-order valence-corrected chi connectivity index (χ1v) is 12.5. The van der Waals surface area contributed by atoms with E-state index in [0.717, 1.165) is 48.9 Å². The SMILES string of the molecule is CC(CC(=O)C(=O)OCc1ccccc1)(NC1CC1)C(=O)OC1c2ccccc2NC2CCCC21. The van der Waals surface area contributed by atoms with Crippen molar-refractivity contribution in [1.29, 1.82) is 0 Å². The van der Waals surface area contributed by atoms with Crippen LogP contribution in [0.3, 0.4) is 0 Å². The molecule has 35 heavy (non-hydrogen) atoms. The lowest BCUT2D eigenvalue weighted by molar-refractivity contribution is -0.164. The van der Waals surface area contributed by atoms with Gasteiger partial charge in [0.2, 0.25) is 5.78 Å². The molecule has 0 aromatic heterocycles. The van der Waals surface area contributed by atoms with Crippen LogP contribution in [0.15, 0.2) is 54.6 Å². The fourth-order valence-corrected chi connectivity index (χ4v) is 5.29. The van der Waals surface area contributed by atoms with Crippen molar-refractivity contribution in [2.24, 2.45) is 5.92 Å². The average molecular weight is 477 g/mol. The predicted octanol–water partition coefficient (Wildman–Crippen LogP) is 4.08. The Labute approximate surface area is 205 Å². The minimum absolute atomic E-state index is 0.0115. The number of fused-ring (bicyclic) bond motifs is 2. The van der Waals surface area contributed by atoms with E-state index in [1.165, 1.54) is 0 Å². The van der Waals surface area contributed by atoms with Gasteiger partial charge in [-0.25, -0.2) is 4.79 Å². The van der Waals surface area contributed by atoms with Crippen LogP contribution in [-0.4, -0.2) is 35.3 Å². The summed E-state index contributed by atoms with van der Waals surface area (Å²) in [6.45, 7) is 1.67. The van der Waals surface area contributed by atoms with Crippen molar-refractivity contribution in [2.45, 2.75) is 75.8 Å². The Bertz CT molecular complexity index is 1100. The zero-order valence-electron chi connectivity index (χ0n) is 20.0. The summed E-state index contributed by atoms with van der Waals surface area (Å²) in [5, 5.41) is 6.88. The molecule has 1 aliphatic heterocycles. The van der Waals surface area contributed by atoms with Crippen LogP contribution in [0, 0.1) is 5.92 Å². The van der Waals surface area contributed by atoms with Crippen molar-refractivity contribution < 1.29 is 23.9 Å². The summed E-state index contributed by atoms with van der Waals surface area (Å²) < 4.78 is 11.4. The van der Waals surface area contributed by atoms with E-state index in [0.29, 0.717) is 0 Å². The smallest absolute Gasteiger partial charge is 0.375 e. The molecule has 184 valence electrons. The standard InChI is InChI=1S/C28H32N2O5/c1-28(30-19-14-15-19,16-24(31)26(32)34-17-18-8-3-2-4-9-18)27(33)35-25-20-10-5-6-12-22(20)29-23-13-7-11-21(23)25/h2-6,8-10,12,19,21,23,25,29-30H,7,11,13-17H2,1H3. The van der Waals surface area contributed by atoms with Crippen molar-refractivity contribution in [3.8, 4) is 0 Å². The summed E-state index contributed by atoms with van der Waals surface area (Å²) in [6.07, 6.45) is 4.25. The lowest BCUT2D eigenvalue weighted by atomic mass is 9.86. The molecule has 1 heterocycles.